The smallest absolute Gasteiger partial charge is 0.165 e. The van der Waals surface area contributed by atoms with Crippen molar-refractivity contribution in [2.45, 2.75) is 18.9 Å². The van der Waals surface area contributed by atoms with Gasteiger partial charge in [0.1, 0.15) is 0 Å². The van der Waals surface area contributed by atoms with Crippen LogP contribution in [0.15, 0.2) is 18.2 Å². The number of rotatable bonds is 3. The van der Waals surface area contributed by atoms with E-state index in [-0.39, 0.29) is 30.0 Å². The van der Waals surface area contributed by atoms with E-state index in [2.05, 4.69) is 5.32 Å². The Kier molecular flexibility index (Phi) is 5.85. The van der Waals surface area contributed by atoms with Gasteiger partial charge < -0.3 is 15.8 Å². The van der Waals surface area contributed by atoms with E-state index in [1.54, 1.807) is 12.1 Å². The van der Waals surface area contributed by atoms with Gasteiger partial charge >= 0.3 is 0 Å². The van der Waals surface area contributed by atoms with Crippen LogP contribution in [0.3, 0.4) is 0 Å². The first-order chi connectivity index (χ1) is 8.22. The fourth-order valence-electron chi connectivity index (χ4n) is 2.36. The second-order valence-electron chi connectivity index (χ2n) is 4.51. The summed E-state index contributed by atoms with van der Waals surface area (Å²) >= 11 is 0. The van der Waals surface area contributed by atoms with Crippen LogP contribution in [-0.2, 0) is 0 Å². The third kappa shape index (κ3) is 3.34. The first kappa shape index (κ1) is 15.2. The Hall–Kier alpha value is -0.840. The van der Waals surface area contributed by atoms with Crippen LogP contribution in [0.5, 0.6) is 5.75 Å². The molecule has 0 aliphatic carbocycles. The molecule has 1 aromatic rings. The molecule has 1 aromatic carbocycles. The highest BCUT2D eigenvalue weighted by atomic mass is 35.5. The summed E-state index contributed by atoms with van der Waals surface area (Å²) in [4.78, 5) is 0. The minimum Gasteiger partial charge on any atom is -0.494 e. The highest BCUT2D eigenvalue weighted by Gasteiger charge is 2.22. The number of hydrogen-bond acceptors (Lipinski definition) is 3. The number of nitrogens with one attached hydrogen (secondary N) is 1. The number of halogens is 2. The summed E-state index contributed by atoms with van der Waals surface area (Å²) in [6.07, 6.45) is 2.14. The molecule has 0 radical (unpaired) electrons. The normalized spacial score (nSPS) is 17.9. The van der Waals surface area contributed by atoms with Crippen LogP contribution >= 0.6 is 12.4 Å². The van der Waals surface area contributed by atoms with Crippen molar-refractivity contribution >= 4 is 12.4 Å². The zero-order chi connectivity index (χ0) is 12.3. The molecule has 5 heteroatoms. The summed E-state index contributed by atoms with van der Waals surface area (Å²) in [5, 5.41) is 3.31. The van der Waals surface area contributed by atoms with Gasteiger partial charge in [-0.15, -0.1) is 12.4 Å². The summed E-state index contributed by atoms with van der Waals surface area (Å²) < 4.78 is 18.3. The van der Waals surface area contributed by atoms with Crippen LogP contribution in [0.4, 0.5) is 4.39 Å². The number of nitrogens with two attached hydrogens (primary N) is 1. The number of benzene rings is 1. The SMILES string of the molecule is COc1cc([C@H](N)C2CCNCC2)ccc1F.Cl. The number of ether oxygens (including phenoxy) is 1. The van der Waals surface area contributed by atoms with Crippen molar-refractivity contribution in [2.24, 2.45) is 11.7 Å². The van der Waals surface area contributed by atoms with Crippen molar-refractivity contribution in [3.05, 3.63) is 29.6 Å². The third-order valence-corrected chi connectivity index (χ3v) is 3.45. The number of methoxy groups -OCH3 is 1. The third-order valence-electron chi connectivity index (χ3n) is 3.45. The van der Waals surface area contributed by atoms with E-state index < -0.39 is 0 Å². The first-order valence-electron chi connectivity index (χ1n) is 6.02. The Bertz CT molecular complexity index is 383. The molecule has 0 bridgehead atoms. The van der Waals surface area contributed by atoms with Gasteiger partial charge in [-0.3, -0.25) is 0 Å². The van der Waals surface area contributed by atoms with Crippen LogP contribution in [0.1, 0.15) is 24.4 Å². The summed E-state index contributed by atoms with van der Waals surface area (Å²) in [6, 6.07) is 4.86. The Morgan fingerprint density at radius 1 is 1.39 bits per heavy atom. The lowest BCUT2D eigenvalue weighted by atomic mass is 9.86. The summed E-state index contributed by atoms with van der Waals surface area (Å²) in [5.41, 5.74) is 7.19. The van der Waals surface area contributed by atoms with Gasteiger partial charge in [0.25, 0.3) is 0 Å². The molecule has 0 unspecified atom stereocenters. The predicted molar refractivity (Wildman–Crippen MR) is 72.7 cm³/mol. The van der Waals surface area contributed by atoms with Crippen molar-refractivity contribution in [1.82, 2.24) is 5.32 Å². The maximum Gasteiger partial charge on any atom is 0.165 e. The van der Waals surface area contributed by atoms with Crippen LogP contribution in [0.25, 0.3) is 0 Å². The lowest BCUT2D eigenvalue weighted by Crippen LogP contribution is -2.33. The van der Waals surface area contributed by atoms with Gasteiger partial charge in [-0.05, 0) is 49.5 Å². The average Bonchev–Trinajstić information content (AvgIpc) is 2.39. The molecule has 1 atom stereocenters. The summed E-state index contributed by atoms with van der Waals surface area (Å²) in [6.45, 7) is 2.02. The highest BCUT2D eigenvalue weighted by Crippen LogP contribution is 2.29. The first-order valence-corrected chi connectivity index (χ1v) is 6.02. The van der Waals surface area contributed by atoms with Crippen LogP contribution < -0.4 is 15.8 Å². The predicted octanol–water partition coefficient (Wildman–Crippen LogP) is 2.26. The van der Waals surface area contributed by atoms with E-state index in [0.717, 1.165) is 31.5 Å². The molecule has 3 nitrogen and oxygen atoms in total. The second-order valence-corrected chi connectivity index (χ2v) is 4.51. The van der Waals surface area contributed by atoms with Gasteiger partial charge in [0.2, 0.25) is 0 Å². The summed E-state index contributed by atoms with van der Waals surface area (Å²) in [5.74, 6) is 0.395. The van der Waals surface area contributed by atoms with E-state index in [0.29, 0.717) is 5.92 Å². The zero-order valence-corrected chi connectivity index (χ0v) is 11.3. The van der Waals surface area contributed by atoms with E-state index >= 15 is 0 Å². The van der Waals surface area contributed by atoms with Gasteiger partial charge in [-0.1, -0.05) is 6.07 Å². The Morgan fingerprint density at radius 2 is 2.06 bits per heavy atom. The maximum absolute atomic E-state index is 13.3. The van der Waals surface area contributed by atoms with Gasteiger partial charge in [-0.2, -0.15) is 0 Å². The zero-order valence-electron chi connectivity index (χ0n) is 10.5. The average molecular weight is 275 g/mol. The molecule has 0 aromatic heterocycles. The van der Waals surface area contributed by atoms with Crippen molar-refractivity contribution in [2.75, 3.05) is 20.2 Å². The van der Waals surface area contributed by atoms with E-state index in [9.17, 15) is 4.39 Å². The lowest BCUT2D eigenvalue weighted by molar-refractivity contribution is 0.320. The van der Waals surface area contributed by atoms with Gasteiger partial charge in [0.15, 0.2) is 11.6 Å². The van der Waals surface area contributed by atoms with E-state index in [4.69, 9.17) is 10.5 Å². The molecule has 1 fully saturated rings. The molecule has 3 N–H and O–H groups in total. The fourth-order valence-corrected chi connectivity index (χ4v) is 2.36. The molecular formula is C13H20ClFN2O. The molecule has 1 saturated heterocycles. The highest BCUT2D eigenvalue weighted by molar-refractivity contribution is 5.85. The standard InChI is InChI=1S/C13H19FN2O.ClH/c1-17-12-8-10(2-3-11(12)14)13(15)9-4-6-16-7-5-9;/h2-3,8-9,13,16H,4-7,15H2,1H3;1H/t13-;/m1./s1. The maximum atomic E-state index is 13.3. The minimum atomic E-state index is -0.339. The Labute approximate surface area is 113 Å². The quantitative estimate of drug-likeness (QED) is 0.889. The van der Waals surface area contributed by atoms with Crippen molar-refractivity contribution in [3.63, 3.8) is 0 Å². The molecule has 1 aliphatic rings. The largest absolute Gasteiger partial charge is 0.494 e. The lowest BCUT2D eigenvalue weighted by Gasteiger charge is -2.28. The molecule has 18 heavy (non-hydrogen) atoms. The van der Waals surface area contributed by atoms with Crippen molar-refractivity contribution in [1.29, 1.82) is 0 Å². The molecule has 1 aliphatic heterocycles. The van der Waals surface area contributed by atoms with Crippen LogP contribution in [0.2, 0.25) is 0 Å². The molecule has 0 saturated carbocycles. The Morgan fingerprint density at radius 3 is 2.67 bits per heavy atom. The number of hydrogen-bond donors (Lipinski definition) is 2. The monoisotopic (exact) mass is 274 g/mol. The molecule has 0 spiro atoms. The minimum absolute atomic E-state index is 0. The van der Waals surface area contributed by atoms with Gasteiger partial charge in [0, 0.05) is 6.04 Å². The van der Waals surface area contributed by atoms with E-state index in [1.807, 2.05) is 0 Å². The van der Waals surface area contributed by atoms with Crippen LogP contribution in [0, 0.1) is 11.7 Å². The molecule has 1 heterocycles. The van der Waals surface area contributed by atoms with Crippen molar-refractivity contribution < 1.29 is 9.13 Å². The Balaban J connectivity index is 0.00000162. The van der Waals surface area contributed by atoms with Crippen LogP contribution in [-0.4, -0.2) is 20.2 Å². The molecular weight excluding hydrogens is 255 g/mol. The number of piperidine rings is 1. The van der Waals surface area contributed by atoms with Crippen molar-refractivity contribution in [3.8, 4) is 5.75 Å². The molecule has 2 rings (SSSR count). The molecule has 102 valence electrons. The van der Waals surface area contributed by atoms with E-state index in [1.165, 1.54) is 13.2 Å². The van der Waals surface area contributed by atoms with Gasteiger partial charge in [0.05, 0.1) is 7.11 Å². The topological polar surface area (TPSA) is 47.3 Å². The summed E-state index contributed by atoms with van der Waals surface area (Å²) in [7, 11) is 1.47. The van der Waals surface area contributed by atoms with Gasteiger partial charge in [-0.25, -0.2) is 4.39 Å². The molecule has 0 amide bonds. The second kappa shape index (κ2) is 6.92. The fraction of sp³-hybridized carbons (Fsp3) is 0.538.